The number of thioether (sulfide) groups is 1. The van der Waals surface area contributed by atoms with Gasteiger partial charge in [-0.3, -0.25) is 14.7 Å². The molecule has 10 heteroatoms. The average molecular weight is 445 g/mol. The first-order valence-electron chi connectivity index (χ1n) is 9.48. The highest BCUT2D eigenvalue weighted by Crippen LogP contribution is 2.21. The molecule has 2 heterocycles. The maximum absolute atomic E-state index is 12.2. The molecule has 0 saturated carbocycles. The van der Waals surface area contributed by atoms with E-state index in [0.29, 0.717) is 22.7 Å². The first kappa shape index (κ1) is 22.0. The summed E-state index contributed by atoms with van der Waals surface area (Å²) in [4.78, 5) is 12.2. The highest BCUT2D eigenvalue weighted by atomic mass is 32.2. The summed E-state index contributed by atoms with van der Waals surface area (Å²) in [6.07, 6.45) is 2.56. The molecule has 3 aromatic rings. The van der Waals surface area contributed by atoms with E-state index in [1.165, 1.54) is 34.2 Å². The van der Waals surface area contributed by atoms with Crippen LogP contribution in [0.2, 0.25) is 0 Å². The molecule has 158 valence electrons. The number of allylic oxidation sites excluding steroid dienone is 1. The number of hydrogen-bond donors (Lipinski definition) is 1. The Morgan fingerprint density at radius 3 is 2.80 bits per heavy atom. The highest BCUT2D eigenvalue weighted by Gasteiger charge is 2.15. The minimum atomic E-state index is -0.167. The van der Waals surface area contributed by atoms with Crippen LogP contribution >= 0.6 is 23.1 Å². The topological polar surface area (TPSA) is 94.8 Å². The van der Waals surface area contributed by atoms with E-state index in [1.807, 2.05) is 36.6 Å². The number of aromatic nitrogens is 5. The predicted octanol–water partition coefficient (Wildman–Crippen LogP) is 3.80. The van der Waals surface area contributed by atoms with Gasteiger partial charge in [-0.25, -0.2) is 0 Å². The molecule has 30 heavy (non-hydrogen) atoms. The van der Waals surface area contributed by atoms with Crippen molar-refractivity contribution in [3.63, 3.8) is 0 Å². The van der Waals surface area contributed by atoms with Gasteiger partial charge in [-0.15, -0.1) is 27.0 Å². The number of carbonyl (C=O) groups is 1. The number of nitrogens with zero attached hydrogens (tertiary/aromatic N) is 5. The monoisotopic (exact) mass is 444 g/mol. The van der Waals surface area contributed by atoms with Gasteiger partial charge in [0.15, 0.2) is 11.0 Å². The highest BCUT2D eigenvalue weighted by molar-refractivity contribution is 7.99. The van der Waals surface area contributed by atoms with Gasteiger partial charge in [0.05, 0.1) is 5.75 Å². The van der Waals surface area contributed by atoms with Crippen LogP contribution in [0.3, 0.4) is 0 Å². The number of amides is 1. The lowest BCUT2D eigenvalue weighted by atomic mass is 10.1. The number of carbonyl (C=O) groups excluding carboxylic acids is 1. The van der Waals surface area contributed by atoms with Gasteiger partial charge in [0, 0.05) is 6.54 Å². The minimum absolute atomic E-state index is 0.167. The molecular formula is C20H24N6O2S2. The van der Waals surface area contributed by atoms with E-state index in [1.54, 1.807) is 6.08 Å². The Labute approximate surface area is 183 Å². The van der Waals surface area contributed by atoms with Crippen LogP contribution in [-0.2, 0) is 24.4 Å². The van der Waals surface area contributed by atoms with Gasteiger partial charge in [0.2, 0.25) is 11.0 Å². The summed E-state index contributed by atoms with van der Waals surface area (Å²) in [5, 5.41) is 21.2. The fourth-order valence-corrected chi connectivity index (χ4v) is 3.99. The lowest BCUT2D eigenvalue weighted by Crippen LogP contribution is -2.15. The molecule has 0 aliphatic rings. The number of anilines is 1. The number of nitrogens with one attached hydrogen (secondary N) is 1. The molecule has 8 nitrogen and oxygen atoms in total. The van der Waals surface area contributed by atoms with Gasteiger partial charge < -0.3 is 4.74 Å². The fourth-order valence-electron chi connectivity index (χ4n) is 2.53. The van der Waals surface area contributed by atoms with Crippen LogP contribution in [0.4, 0.5) is 5.13 Å². The Bertz CT molecular complexity index is 1030. The molecule has 2 aromatic heterocycles. The summed E-state index contributed by atoms with van der Waals surface area (Å²) in [7, 11) is 0. The van der Waals surface area contributed by atoms with Crippen LogP contribution in [0.15, 0.2) is 36.0 Å². The van der Waals surface area contributed by atoms with Gasteiger partial charge >= 0.3 is 0 Å². The summed E-state index contributed by atoms with van der Waals surface area (Å²) < 4.78 is 7.78. The van der Waals surface area contributed by atoms with Crippen LogP contribution in [0, 0.1) is 13.8 Å². The van der Waals surface area contributed by atoms with Crippen molar-refractivity contribution in [2.75, 3.05) is 11.1 Å². The third-order valence-corrected chi connectivity index (χ3v) is 6.25. The van der Waals surface area contributed by atoms with E-state index in [2.05, 4.69) is 39.2 Å². The molecule has 0 atom stereocenters. The standard InChI is InChI=1S/C20H24N6O2S2/c1-5-9-26-16(11-28-15-8-7-13(3)14(4)10-15)22-25-20(26)29-12-17(27)21-19-24-23-18(6-2)30-19/h5,7-8,10H,1,6,9,11-12H2,2-4H3,(H,21,24,27). The summed E-state index contributed by atoms with van der Waals surface area (Å²) >= 11 is 2.68. The van der Waals surface area contributed by atoms with E-state index in [-0.39, 0.29) is 18.3 Å². The van der Waals surface area contributed by atoms with Crippen LogP contribution < -0.4 is 10.1 Å². The van der Waals surface area contributed by atoms with Crippen molar-refractivity contribution in [3.05, 3.63) is 52.8 Å². The normalized spacial score (nSPS) is 10.8. The quantitative estimate of drug-likeness (QED) is 0.375. The van der Waals surface area contributed by atoms with Crippen LogP contribution in [-0.4, -0.2) is 36.6 Å². The lowest BCUT2D eigenvalue weighted by Gasteiger charge is -2.10. The van der Waals surface area contributed by atoms with Crippen LogP contribution in [0.25, 0.3) is 0 Å². The molecule has 3 rings (SSSR count). The van der Waals surface area contributed by atoms with Crippen molar-refractivity contribution in [1.29, 1.82) is 0 Å². The molecule has 0 saturated heterocycles. The molecule has 1 aromatic carbocycles. The van der Waals surface area contributed by atoms with E-state index in [0.717, 1.165) is 17.2 Å². The van der Waals surface area contributed by atoms with Gasteiger partial charge in [-0.1, -0.05) is 42.2 Å². The predicted molar refractivity (Wildman–Crippen MR) is 119 cm³/mol. The summed E-state index contributed by atoms with van der Waals surface area (Å²) in [5.74, 6) is 1.48. The van der Waals surface area contributed by atoms with Crippen LogP contribution in [0.5, 0.6) is 5.75 Å². The summed E-state index contributed by atoms with van der Waals surface area (Å²) in [6, 6.07) is 5.97. The lowest BCUT2D eigenvalue weighted by molar-refractivity contribution is -0.113. The molecule has 0 spiro atoms. The second-order valence-corrected chi connectivity index (χ2v) is 8.53. The minimum Gasteiger partial charge on any atom is -0.486 e. The second kappa shape index (κ2) is 10.4. The number of benzene rings is 1. The number of rotatable bonds is 10. The number of hydrogen-bond acceptors (Lipinski definition) is 8. The van der Waals surface area contributed by atoms with Crippen LogP contribution in [0.1, 0.15) is 28.9 Å². The van der Waals surface area contributed by atoms with Crippen molar-refractivity contribution >= 4 is 34.1 Å². The molecule has 0 aliphatic heterocycles. The Hall–Kier alpha value is -2.72. The van der Waals surface area contributed by atoms with Gasteiger partial charge in [-0.2, -0.15) is 0 Å². The van der Waals surface area contributed by atoms with E-state index >= 15 is 0 Å². The zero-order valence-electron chi connectivity index (χ0n) is 17.2. The van der Waals surface area contributed by atoms with Gasteiger partial charge in [0.25, 0.3) is 0 Å². The third-order valence-electron chi connectivity index (χ3n) is 4.30. The largest absolute Gasteiger partial charge is 0.486 e. The Morgan fingerprint density at radius 1 is 1.27 bits per heavy atom. The van der Waals surface area contributed by atoms with Crippen molar-refractivity contribution in [2.45, 2.75) is 45.5 Å². The summed E-state index contributed by atoms with van der Waals surface area (Å²) in [5.41, 5.74) is 2.39. The first-order chi connectivity index (χ1) is 14.5. The summed E-state index contributed by atoms with van der Waals surface area (Å²) in [6.45, 7) is 10.7. The van der Waals surface area contributed by atoms with Crippen molar-refractivity contribution in [2.24, 2.45) is 0 Å². The van der Waals surface area contributed by atoms with Crippen molar-refractivity contribution < 1.29 is 9.53 Å². The smallest absolute Gasteiger partial charge is 0.236 e. The molecule has 1 N–H and O–H groups in total. The average Bonchev–Trinajstić information content (AvgIpc) is 3.34. The zero-order valence-corrected chi connectivity index (χ0v) is 18.8. The molecule has 1 amide bonds. The first-order valence-corrected chi connectivity index (χ1v) is 11.3. The van der Waals surface area contributed by atoms with E-state index in [4.69, 9.17) is 4.74 Å². The molecule has 0 fully saturated rings. The van der Waals surface area contributed by atoms with Crippen molar-refractivity contribution in [1.82, 2.24) is 25.0 Å². The SMILES string of the molecule is C=CCn1c(COc2ccc(C)c(C)c2)nnc1SCC(=O)Nc1nnc(CC)s1. The van der Waals surface area contributed by atoms with E-state index < -0.39 is 0 Å². The molecule has 0 radical (unpaired) electrons. The van der Waals surface area contributed by atoms with Crippen molar-refractivity contribution in [3.8, 4) is 5.75 Å². The Balaban J connectivity index is 1.60. The van der Waals surface area contributed by atoms with Gasteiger partial charge in [0.1, 0.15) is 17.4 Å². The molecule has 0 bridgehead atoms. The number of aryl methyl sites for hydroxylation is 3. The molecule has 0 aliphatic carbocycles. The second-order valence-electron chi connectivity index (χ2n) is 6.52. The maximum atomic E-state index is 12.2. The number of ether oxygens (including phenoxy) is 1. The maximum Gasteiger partial charge on any atom is 0.236 e. The zero-order chi connectivity index (χ0) is 21.5. The third kappa shape index (κ3) is 5.67. The molecular weight excluding hydrogens is 420 g/mol. The Morgan fingerprint density at radius 2 is 2.10 bits per heavy atom. The fraction of sp³-hybridized carbons (Fsp3) is 0.350. The van der Waals surface area contributed by atoms with E-state index in [9.17, 15) is 4.79 Å². The molecule has 0 unspecified atom stereocenters. The van der Waals surface area contributed by atoms with Gasteiger partial charge in [-0.05, 0) is 43.5 Å². The Kier molecular flexibility index (Phi) is 7.58.